The molecule has 8 heavy (non-hydrogen) atoms. The molecule has 5 N–H and O–H groups in total. The van der Waals surface area contributed by atoms with Crippen molar-refractivity contribution in [3.63, 3.8) is 0 Å². The van der Waals surface area contributed by atoms with Crippen molar-refractivity contribution in [2.24, 2.45) is 16.2 Å². The van der Waals surface area contributed by atoms with E-state index in [4.69, 9.17) is 4.89 Å². The number of nitrogens with two attached hydrogens (primary N) is 2. The van der Waals surface area contributed by atoms with Gasteiger partial charge in [0.25, 0.3) is 0 Å². The Morgan fingerprint density at radius 1 is 1.62 bits per heavy atom. The first kappa shape index (κ1) is 10.8. The van der Waals surface area contributed by atoms with Crippen molar-refractivity contribution in [3.05, 3.63) is 0 Å². The normalized spacial score (nSPS) is 8.88. The second-order valence-corrected chi connectivity index (χ2v) is 1.48. The van der Waals surface area contributed by atoms with E-state index in [1.165, 1.54) is 0 Å². The molecule has 0 saturated heterocycles. The van der Waals surface area contributed by atoms with Crippen LogP contribution in [0.25, 0.3) is 0 Å². The second-order valence-electron chi connectivity index (χ2n) is 0.778. The maximum absolute atomic E-state index is 9.61. The van der Waals surface area contributed by atoms with Crippen LogP contribution in [-0.2, 0) is 21.9 Å². The molecule has 0 fully saturated rings. The van der Waals surface area contributed by atoms with Crippen LogP contribution >= 0.6 is 8.18 Å². The number of rotatable bonds is 1. The van der Waals surface area contributed by atoms with Crippen LogP contribution in [0.5, 0.6) is 0 Å². The zero-order chi connectivity index (χ0) is 5.86. The molecule has 46 valence electrons. The quantitative estimate of drug-likeness (QED) is 0.267. The topological polar surface area (TPSA) is 102 Å². The Morgan fingerprint density at radius 2 is 2.00 bits per heavy atom. The Kier molecular flexibility index (Phi) is 6.74. The van der Waals surface area contributed by atoms with E-state index in [1.807, 2.05) is 0 Å². The molecule has 0 aromatic rings. The summed E-state index contributed by atoms with van der Waals surface area (Å²) in [4.78, 5) is 7.88. The Labute approximate surface area is 57.8 Å². The third kappa shape index (κ3) is 9.29. The molecule has 0 aliphatic rings. The molecule has 1 unspecified atom stereocenters. The molecule has 0 radical (unpaired) electrons. The molecular weight excluding hydrogens is 169 g/mol. The van der Waals surface area contributed by atoms with Crippen molar-refractivity contribution in [3.8, 4) is 0 Å². The first-order chi connectivity index (χ1) is 3.13. The summed E-state index contributed by atoms with van der Waals surface area (Å²) < 4.78 is 12.4. The predicted molar refractivity (Wildman–Crippen MR) is 25.6 cm³/mol. The van der Waals surface area contributed by atoms with Gasteiger partial charge in [0.2, 0.25) is 5.96 Å². The number of nitrogens with zero attached hydrogens (tertiary/aromatic N) is 1. The van der Waals surface area contributed by atoms with E-state index in [0.717, 1.165) is 0 Å². The molecule has 0 rings (SSSR count). The van der Waals surface area contributed by atoms with E-state index in [2.05, 4.69) is 16.2 Å². The number of hydrogen-bond donors (Lipinski definition) is 3. The van der Waals surface area contributed by atoms with Crippen LogP contribution in [0.1, 0.15) is 0 Å². The molecule has 0 heterocycles. The van der Waals surface area contributed by atoms with Gasteiger partial charge in [0, 0.05) is 26.7 Å². The van der Waals surface area contributed by atoms with Crippen LogP contribution < -0.4 is 11.5 Å². The van der Waals surface area contributed by atoms with Gasteiger partial charge in [0.05, 0.1) is 0 Å². The average Bonchev–Trinajstić information content (AvgIpc) is 1.27. The summed E-state index contributed by atoms with van der Waals surface area (Å²) in [6, 6.07) is 0. The van der Waals surface area contributed by atoms with Crippen LogP contribution in [0.3, 0.4) is 0 Å². The van der Waals surface area contributed by atoms with Gasteiger partial charge in [-0.3, -0.25) is 0 Å². The third-order valence-electron chi connectivity index (χ3n) is 0.201. The molecule has 1 atom stereocenters. The minimum atomic E-state index is -2.55. The Hall–Kier alpha value is -0.138. The minimum Gasteiger partial charge on any atom is -0.367 e. The number of guanidine groups is 1. The fourth-order valence-electron chi connectivity index (χ4n) is 0.0988. The van der Waals surface area contributed by atoms with E-state index in [9.17, 15) is 4.57 Å². The standard InChI is InChI=1S/CH4N3O2P.Cr/c2-1(3)4-7(5)6;/h(H4-,2,3,4,5,6);/p+1. The van der Waals surface area contributed by atoms with Crippen molar-refractivity contribution in [1.82, 2.24) is 0 Å². The molecule has 7 heteroatoms. The molecule has 5 nitrogen and oxygen atoms in total. The van der Waals surface area contributed by atoms with E-state index < -0.39 is 8.18 Å². The fourth-order valence-corrected chi connectivity index (χ4v) is 0.296. The molecule has 0 aliphatic carbocycles. The monoisotopic (exact) mass is 174 g/mol. The van der Waals surface area contributed by atoms with E-state index in [0.29, 0.717) is 0 Å². The Morgan fingerprint density at radius 3 is 2.00 bits per heavy atom. The summed E-state index contributed by atoms with van der Waals surface area (Å²) in [6.45, 7) is 0. The molecule has 0 saturated carbocycles. The molecule has 0 aromatic carbocycles. The van der Waals surface area contributed by atoms with E-state index in [-0.39, 0.29) is 23.3 Å². The van der Waals surface area contributed by atoms with Crippen molar-refractivity contribution >= 4 is 14.1 Å². The van der Waals surface area contributed by atoms with Gasteiger partial charge in [0.1, 0.15) is 0 Å². The maximum Gasteiger partial charge on any atom is 0.670 e. The van der Waals surface area contributed by atoms with Gasteiger partial charge in [-0.05, 0) is 0 Å². The Balaban J connectivity index is 0. The largest absolute Gasteiger partial charge is 0.670 e. The molecule has 0 aliphatic heterocycles. The predicted octanol–water partition coefficient (Wildman–Crippen LogP) is -1.09. The smallest absolute Gasteiger partial charge is 0.367 e. The van der Waals surface area contributed by atoms with Gasteiger partial charge < -0.3 is 11.5 Å². The summed E-state index contributed by atoms with van der Waals surface area (Å²) in [7, 11) is -2.55. The van der Waals surface area contributed by atoms with E-state index >= 15 is 0 Å². The van der Waals surface area contributed by atoms with Crippen molar-refractivity contribution in [2.75, 3.05) is 0 Å². The first-order valence-electron chi connectivity index (χ1n) is 1.38. The van der Waals surface area contributed by atoms with Crippen LogP contribution in [0, 0.1) is 0 Å². The minimum absolute atomic E-state index is 0. The van der Waals surface area contributed by atoms with Crippen LogP contribution in [-0.4, -0.2) is 10.9 Å². The summed E-state index contributed by atoms with van der Waals surface area (Å²) in [5.41, 5.74) is 9.35. The van der Waals surface area contributed by atoms with Crippen LogP contribution in [0.4, 0.5) is 0 Å². The SMILES string of the molecule is NC(N)=N[P+](=O)O.[Cr]. The number of hydrogen-bond acceptors (Lipinski definition) is 1. The second kappa shape index (κ2) is 5.01. The summed E-state index contributed by atoms with van der Waals surface area (Å²) >= 11 is 0. The summed E-state index contributed by atoms with van der Waals surface area (Å²) in [5.74, 6) is -0.372. The van der Waals surface area contributed by atoms with Crippen LogP contribution in [0.2, 0.25) is 0 Å². The average molecular weight is 174 g/mol. The summed E-state index contributed by atoms with van der Waals surface area (Å²) in [6.07, 6.45) is 0. The van der Waals surface area contributed by atoms with E-state index in [1.54, 1.807) is 0 Å². The van der Waals surface area contributed by atoms with Gasteiger partial charge in [0.15, 0.2) is 0 Å². The molecule has 0 amide bonds. The van der Waals surface area contributed by atoms with Crippen molar-refractivity contribution in [1.29, 1.82) is 0 Å². The fraction of sp³-hybridized carbons (Fsp3) is 0. The van der Waals surface area contributed by atoms with Gasteiger partial charge in [-0.1, -0.05) is 0 Å². The van der Waals surface area contributed by atoms with Crippen LogP contribution in [0.15, 0.2) is 4.76 Å². The first-order valence-corrected chi connectivity index (χ1v) is 2.55. The maximum atomic E-state index is 9.61. The van der Waals surface area contributed by atoms with Gasteiger partial charge in [-0.2, -0.15) is 0 Å². The van der Waals surface area contributed by atoms with Gasteiger partial charge in [-0.25, -0.2) is 0 Å². The van der Waals surface area contributed by atoms with Gasteiger partial charge >= 0.3 is 8.18 Å². The third-order valence-corrected chi connectivity index (χ3v) is 0.603. The Bertz CT molecular complexity index is 110. The van der Waals surface area contributed by atoms with Crippen molar-refractivity contribution in [2.45, 2.75) is 0 Å². The molecule has 0 spiro atoms. The van der Waals surface area contributed by atoms with Gasteiger partial charge in [-0.15, -0.1) is 4.89 Å². The molecule has 0 aromatic heterocycles. The summed E-state index contributed by atoms with van der Waals surface area (Å²) in [5, 5.41) is 0. The molecular formula is CH5CrN3O2P+. The zero-order valence-corrected chi connectivity index (χ0v) is 5.98. The zero-order valence-electron chi connectivity index (χ0n) is 3.81. The van der Waals surface area contributed by atoms with Crippen molar-refractivity contribution < 1.29 is 26.8 Å². The molecule has 0 bridgehead atoms.